The highest BCUT2D eigenvalue weighted by molar-refractivity contribution is 5.49. The second-order valence-electron chi connectivity index (χ2n) is 9.74. The molecule has 0 bridgehead atoms. The van der Waals surface area contributed by atoms with E-state index in [0.29, 0.717) is 0 Å². The van der Waals surface area contributed by atoms with E-state index in [4.69, 9.17) is 0 Å². The van der Waals surface area contributed by atoms with E-state index in [1.165, 1.54) is 87.3 Å². The van der Waals surface area contributed by atoms with Crippen LogP contribution in [0.15, 0.2) is 54.6 Å². The summed E-state index contributed by atoms with van der Waals surface area (Å²) in [5.41, 5.74) is 5.82. The summed E-state index contributed by atoms with van der Waals surface area (Å²) in [5, 5.41) is 0. The van der Waals surface area contributed by atoms with Gasteiger partial charge in [-0.1, -0.05) is 107 Å². The van der Waals surface area contributed by atoms with Gasteiger partial charge in [0.25, 0.3) is 0 Å². The molecule has 0 nitrogen and oxygen atoms in total. The van der Waals surface area contributed by atoms with Gasteiger partial charge in [0.05, 0.1) is 0 Å². The molecular formula is C31H44. The van der Waals surface area contributed by atoms with E-state index in [1.54, 1.807) is 5.56 Å². The first-order valence-corrected chi connectivity index (χ1v) is 13.1. The maximum atomic E-state index is 2.41. The van der Waals surface area contributed by atoms with Crippen molar-refractivity contribution < 1.29 is 0 Å². The van der Waals surface area contributed by atoms with Crippen LogP contribution in [-0.4, -0.2) is 0 Å². The topological polar surface area (TPSA) is 0 Å². The monoisotopic (exact) mass is 416 g/mol. The number of allylic oxidation sites excluding steroid dienone is 1. The summed E-state index contributed by atoms with van der Waals surface area (Å²) in [6.45, 7) is 4.60. The van der Waals surface area contributed by atoms with E-state index in [0.717, 1.165) is 24.7 Å². The summed E-state index contributed by atoms with van der Waals surface area (Å²) in [5.74, 6) is 1.79. The fourth-order valence-electron chi connectivity index (χ4n) is 5.14. The molecule has 1 aliphatic carbocycles. The maximum absolute atomic E-state index is 2.41. The van der Waals surface area contributed by atoms with Crippen molar-refractivity contribution in [1.29, 1.82) is 0 Å². The van der Waals surface area contributed by atoms with E-state index in [2.05, 4.69) is 74.5 Å². The van der Waals surface area contributed by atoms with E-state index < -0.39 is 0 Å². The van der Waals surface area contributed by atoms with Crippen LogP contribution in [0.1, 0.15) is 113 Å². The highest BCUT2D eigenvalue weighted by atomic mass is 14.3. The Kier molecular flexibility index (Phi) is 10.4. The van der Waals surface area contributed by atoms with Gasteiger partial charge < -0.3 is 0 Å². The number of unbranched alkanes of at least 4 members (excludes halogenated alkanes) is 4. The van der Waals surface area contributed by atoms with E-state index in [9.17, 15) is 0 Å². The zero-order chi connectivity index (χ0) is 21.7. The minimum atomic E-state index is 0.800. The molecule has 2 aromatic carbocycles. The molecular weight excluding hydrogens is 372 g/mol. The highest BCUT2D eigenvalue weighted by Gasteiger charge is 2.21. The van der Waals surface area contributed by atoms with Gasteiger partial charge in [-0.3, -0.25) is 0 Å². The second kappa shape index (κ2) is 13.6. The molecule has 31 heavy (non-hydrogen) atoms. The third-order valence-corrected chi connectivity index (χ3v) is 7.21. The highest BCUT2D eigenvalue weighted by Crippen LogP contribution is 2.37. The van der Waals surface area contributed by atoms with Crippen molar-refractivity contribution in [3.8, 4) is 0 Å². The van der Waals surface area contributed by atoms with Crippen molar-refractivity contribution >= 4 is 6.08 Å². The lowest BCUT2D eigenvalue weighted by molar-refractivity contribution is 0.308. The maximum Gasteiger partial charge on any atom is -0.0162 e. The van der Waals surface area contributed by atoms with Gasteiger partial charge in [0, 0.05) is 0 Å². The van der Waals surface area contributed by atoms with Crippen LogP contribution in [0.4, 0.5) is 0 Å². The molecule has 0 unspecified atom stereocenters. The van der Waals surface area contributed by atoms with Crippen molar-refractivity contribution in [3.05, 3.63) is 76.9 Å². The normalized spacial score (nSPS) is 19.2. The van der Waals surface area contributed by atoms with Crippen LogP contribution >= 0.6 is 0 Å². The first kappa shape index (κ1) is 23.8. The summed E-state index contributed by atoms with van der Waals surface area (Å²) >= 11 is 0. The predicted octanol–water partition coefficient (Wildman–Crippen LogP) is 9.53. The van der Waals surface area contributed by atoms with Crippen LogP contribution in [0, 0.1) is 5.92 Å². The zero-order valence-electron chi connectivity index (χ0n) is 20.1. The van der Waals surface area contributed by atoms with Crippen LogP contribution in [0.3, 0.4) is 0 Å². The summed E-state index contributed by atoms with van der Waals surface area (Å²) in [6.07, 6.45) is 21.9. The smallest absolute Gasteiger partial charge is 0.0162 e. The van der Waals surface area contributed by atoms with Crippen LogP contribution in [0.5, 0.6) is 0 Å². The molecule has 168 valence electrons. The Morgan fingerprint density at radius 1 is 0.710 bits per heavy atom. The molecule has 0 atom stereocenters. The van der Waals surface area contributed by atoms with Crippen LogP contribution < -0.4 is 0 Å². The molecule has 1 fully saturated rings. The fraction of sp³-hybridized carbons (Fsp3) is 0.548. The van der Waals surface area contributed by atoms with Crippen LogP contribution in [0.25, 0.3) is 6.08 Å². The average Bonchev–Trinajstić information content (AvgIpc) is 2.82. The first-order valence-electron chi connectivity index (χ1n) is 13.1. The molecule has 0 radical (unpaired) electrons. The number of rotatable bonds is 12. The van der Waals surface area contributed by atoms with Gasteiger partial charge in [-0.25, -0.2) is 0 Å². The molecule has 1 aliphatic rings. The summed E-state index contributed by atoms with van der Waals surface area (Å²) < 4.78 is 0. The summed E-state index contributed by atoms with van der Waals surface area (Å²) in [6, 6.07) is 18.7. The van der Waals surface area contributed by atoms with E-state index in [1.807, 2.05) is 0 Å². The molecule has 0 N–H and O–H groups in total. The van der Waals surface area contributed by atoms with Crippen LogP contribution in [0.2, 0.25) is 0 Å². The van der Waals surface area contributed by atoms with Crippen LogP contribution in [-0.2, 0) is 12.8 Å². The fourth-order valence-corrected chi connectivity index (χ4v) is 5.14. The molecule has 0 heteroatoms. The van der Waals surface area contributed by atoms with Crippen molar-refractivity contribution in [2.24, 2.45) is 5.92 Å². The Labute approximate surface area is 192 Å². The number of aryl methyl sites for hydroxylation is 2. The molecule has 0 amide bonds. The van der Waals surface area contributed by atoms with Gasteiger partial charge >= 0.3 is 0 Å². The number of hydrogen-bond acceptors (Lipinski definition) is 0. The Bertz CT molecular complexity index is 742. The lowest BCUT2D eigenvalue weighted by atomic mass is 9.77. The summed E-state index contributed by atoms with van der Waals surface area (Å²) in [4.78, 5) is 0. The zero-order valence-corrected chi connectivity index (χ0v) is 20.1. The van der Waals surface area contributed by atoms with Crippen molar-refractivity contribution in [2.45, 2.75) is 103 Å². The van der Waals surface area contributed by atoms with Crippen molar-refractivity contribution in [1.82, 2.24) is 0 Å². The molecule has 0 aromatic heterocycles. The molecule has 0 heterocycles. The second-order valence-corrected chi connectivity index (χ2v) is 9.74. The first-order chi connectivity index (χ1) is 15.3. The largest absolute Gasteiger partial charge is 0.0839 e. The predicted molar refractivity (Wildman–Crippen MR) is 138 cm³/mol. The molecule has 0 spiro atoms. The lowest BCUT2D eigenvalue weighted by Gasteiger charge is -2.28. The van der Waals surface area contributed by atoms with E-state index >= 15 is 0 Å². The van der Waals surface area contributed by atoms with Gasteiger partial charge in [-0.05, 0) is 85.5 Å². The minimum absolute atomic E-state index is 0.800. The van der Waals surface area contributed by atoms with Gasteiger partial charge in [0.2, 0.25) is 0 Å². The Morgan fingerprint density at radius 2 is 1.35 bits per heavy atom. The quantitative estimate of drug-likeness (QED) is 0.302. The van der Waals surface area contributed by atoms with Crippen molar-refractivity contribution in [3.63, 3.8) is 0 Å². The number of hydrogen-bond donors (Lipinski definition) is 0. The SMILES string of the molecule is CCCCCCC=Cc1ccc(CCc2ccc(C3CCC(CCC)CC3)cc2)cc1. The Morgan fingerprint density at radius 3 is 1.97 bits per heavy atom. The number of benzene rings is 2. The molecule has 0 saturated heterocycles. The molecule has 0 aliphatic heterocycles. The minimum Gasteiger partial charge on any atom is -0.0839 e. The van der Waals surface area contributed by atoms with Crippen molar-refractivity contribution in [2.75, 3.05) is 0 Å². The van der Waals surface area contributed by atoms with Gasteiger partial charge in [-0.15, -0.1) is 0 Å². The Balaban J connectivity index is 1.40. The molecule has 2 aromatic rings. The van der Waals surface area contributed by atoms with Gasteiger partial charge in [0.1, 0.15) is 0 Å². The van der Waals surface area contributed by atoms with E-state index in [-0.39, 0.29) is 0 Å². The van der Waals surface area contributed by atoms with Gasteiger partial charge in [0.15, 0.2) is 0 Å². The van der Waals surface area contributed by atoms with Gasteiger partial charge in [-0.2, -0.15) is 0 Å². The summed E-state index contributed by atoms with van der Waals surface area (Å²) in [7, 11) is 0. The average molecular weight is 417 g/mol. The third kappa shape index (κ3) is 8.32. The molecule has 1 saturated carbocycles. The lowest BCUT2D eigenvalue weighted by Crippen LogP contribution is -2.13. The third-order valence-electron chi connectivity index (χ3n) is 7.21. The standard InChI is InChI=1S/C31H44/c1-3-5-6-7-8-9-11-27-12-14-28(15-13-27)16-17-29-20-24-31(25-21-29)30-22-18-26(10-4-2)19-23-30/h9,11-15,20-21,24-26,30H,3-8,10,16-19,22-23H2,1-2H3. The molecule has 3 rings (SSSR count). The Hall–Kier alpha value is -1.82.